The lowest BCUT2D eigenvalue weighted by Gasteiger charge is -2.49. The summed E-state index contributed by atoms with van der Waals surface area (Å²) in [4.78, 5) is 28.1. The van der Waals surface area contributed by atoms with E-state index in [1.807, 2.05) is 41.7 Å². The minimum atomic E-state index is -2.12. The van der Waals surface area contributed by atoms with Crippen LogP contribution >= 0.6 is 0 Å². The van der Waals surface area contributed by atoms with Crippen LogP contribution in [0.4, 0.5) is 0 Å². The Morgan fingerprint density at radius 1 is 0.885 bits per heavy atom. The molecule has 12 nitrogen and oxygen atoms in total. The third-order valence-corrected chi connectivity index (χ3v) is 12.7. The highest BCUT2D eigenvalue weighted by molar-refractivity contribution is 6.69. The molecule has 0 saturated carbocycles. The Balaban J connectivity index is 2.19. The number of nitrogens with one attached hydrogen (secondary N) is 1. The molecular formula is C39H73NO11Si. The van der Waals surface area contributed by atoms with E-state index >= 15 is 0 Å². The lowest BCUT2D eigenvalue weighted by molar-refractivity contribution is -0.304. The van der Waals surface area contributed by atoms with Crippen LogP contribution in [0.3, 0.4) is 0 Å². The number of rotatable bonds is 9. The normalized spacial score (nSPS) is 46.4. The van der Waals surface area contributed by atoms with E-state index in [-0.39, 0.29) is 30.5 Å². The molecule has 0 spiro atoms. The molecule has 3 aliphatic heterocycles. The van der Waals surface area contributed by atoms with Crippen LogP contribution in [-0.2, 0) is 42.4 Å². The number of carbonyl (C=O) groups excluding carboxylic acids is 2. The van der Waals surface area contributed by atoms with Gasteiger partial charge >= 0.3 is 5.97 Å². The Kier molecular flexibility index (Phi) is 16.0. The Morgan fingerprint density at radius 3 is 2.08 bits per heavy atom. The predicted molar refractivity (Wildman–Crippen MR) is 201 cm³/mol. The average molecular weight is 760 g/mol. The number of aliphatic hydroxyl groups excluding tert-OH is 1. The van der Waals surface area contributed by atoms with Crippen molar-refractivity contribution in [1.82, 2.24) is 5.32 Å². The topological polar surface area (TPSA) is 151 Å². The molecular weight excluding hydrogens is 687 g/mol. The molecule has 0 unspecified atom stereocenters. The third-order valence-electron chi connectivity index (χ3n) is 11.7. The number of carbonyl (C=O) groups is 2. The molecule has 0 aromatic carbocycles. The van der Waals surface area contributed by atoms with Crippen molar-refractivity contribution in [3.8, 4) is 0 Å². The van der Waals surface area contributed by atoms with Gasteiger partial charge in [0.1, 0.15) is 18.0 Å². The first-order valence-corrected chi connectivity index (χ1v) is 23.0. The quantitative estimate of drug-likeness (QED) is 0.209. The van der Waals surface area contributed by atoms with Gasteiger partial charge in [0.2, 0.25) is 0 Å². The highest BCUT2D eigenvalue weighted by Gasteiger charge is 2.51. The number of likely N-dealkylation sites (N-methyl/N-ethyl adjacent to an activating group) is 1. The molecule has 13 heteroatoms. The zero-order valence-electron chi connectivity index (χ0n) is 34.8. The third kappa shape index (κ3) is 11.3. The van der Waals surface area contributed by atoms with Gasteiger partial charge < -0.3 is 48.4 Å². The average Bonchev–Trinajstić information content (AvgIpc) is 3.05. The number of ether oxygens (including phenoxy) is 6. The standard InChI is InChI=1S/C39H73NO11Si/c1-16-29-24(5)32(42)25(6)31(41)21(2)18-39(10,44)35(50-37-34(51-52(13,14)15)28(40-11)17-22(3)47-37)26(7)33(27(8)36(43)48-29)49-30-20-38(9,45-12)19-23(4)46-30/h21-30,32-35,37,40,42,44H,16-20H2,1-15H3/t21-,22-,23+,24+,25+,26+,27-,28+,29-,30+,32+,33+,34-,35-,37+,38+,39-/m1/s1. The fraction of sp³-hybridized carbons (Fsp3) is 0.949. The van der Waals surface area contributed by atoms with Gasteiger partial charge in [0.05, 0.1) is 47.6 Å². The van der Waals surface area contributed by atoms with Crippen LogP contribution in [0.25, 0.3) is 0 Å². The van der Waals surface area contributed by atoms with Gasteiger partial charge in [0, 0.05) is 49.7 Å². The van der Waals surface area contributed by atoms with Gasteiger partial charge in [-0.05, 0) is 80.6 Å². The first-order valence-electron chi connectivity index (χ1n) is 19.6. The number of methoxy groups -OCH3 is 1. The van der Waals surface area contributed by atoms with Crippen LogP contribution in [-0.4, -0.2) is 117 Å². The van der Waals surface area contributed by atoms with Crippen molar-refractivity contribution in [3.05, 3.63) is 0 Å². The molecule has 0 amide bonds. The molecule has 3 rings (SSSR count). The first-order chi connectivity index (χ1) is 24.0. The van der Waals surface area contributed by atoms with Gasteiger partial charge in [0.15, 0.2) is 20.9 Å². The van der Waals surface area contributed by atoms with E-state index in [9.17, 15) is 19.8 Å². The Hall–Kier alpha value is -1.00. The van der Waals surface area contributed by atoms with E-state index in [4.69, 9.17) is 32.8 Å². The number of esters is 1. The monoisotopic (exact) mass is 759 g/mol. The van der Waals surface area contributed by atoms with Crippen LogP contribution in [0.5, 0.6) is 0 Å². The smallest absolute Gasteiger partial charge is 0.311 e. The van der Waals surface area contributed by atoms with Crippen molar-refractivity contribution in [2.24, 2.45) is 29.6 Å². The SMILES string of the molecule is CC[C@H]1OC(=O)[C@H](C)[C@@H](O[C@H]2C[C@@](C)(OC)C[C@H](C)O2)[C@H](C)[C@@H](O[C@@H]2O[C@H](C)C[C@H](NC)[C@H]2O[Si](C)(C)C)[C@](C)(O)C[C@@H](C)C(=O)[C@H](C)[C@@H](O)[C@H]1C. The van der Waals surface area contributed by atoms with Gasteiger partial charge in [-0.3, -0.25) is 9.59 Å². The molecule has 0 aliphatic carbocycles. The zero-order valence-corrected chi connectivity index (χ0v) is 35.8. The van der Waals surface area contributed by atoms with Crippen LogP contribution < -0.4 is 5.32 Å². The summed E-state index contributed by atoms with van der Waals surface area (Å²) in [7, 11) is 1.44. The van der Waals surface area contributed by atoms with E-state index in [0.29, 0.717) is 25.7 Å². The molecule has 17 atom stereocenters. The molecule has 0 aromatic heterocycles. The number of aliphatic hydroxyl groups is 2. The summed E-state index contributed by atoms with van der Waals surface area (Å²) in [5.41, 5.74) is -2.14. The van der Waals surface area contributed by atoms with Crippen molar-refractivity contribution in [2.75, 3.05) is 14.2 Å². The molecule has 3 N–H and O–H groups in total. The van der Waals surface area contributed by atoms with E-state index in [0.717, 1.165) is 0 Å². The maximum absolute atomic E-state index is 14.2. The summed E-state index contributed by atoms with van der Waals surface area (Å²) in [6, 6.07) is -0.0835. The Morgan fingerprint density at radius 2 is 1.52 bits per heavy atom. The second-order valence-electron chi connectivity index (χ2n) is 17.8. The molecule has 3 aliphatic rings. The van der Waals surface area contributed by atoms with Gasteiger partial charge in [-0.15, -0.1) is 0 Å². The first kappa shape index (κ1) is 45.4. The van der Waals surface area contributed by atoms with Crippen LogP contribution in [0.1, 0.15) is 101 Å². The Labute approximate surface area is 314 Å². The largest absolute Gasteiger partial charge is 0.462 e. The van der Waals surface area contributed by atoms with Crippen molar-refractivity contribution in [1.29, 1.82) is 0 Å². The van der Waals surface area contributed by atoms with Crippen molar-refractivity contribution in [3.63, 3.8) is 0 Å². The second-order valence-corrected chi connectivity index (χ2v) is 22.2. The molecule has 3 heterocycles. The summed E-state index contributed by atoms with van der Waals surface area (Å²) in [5, 5.41) is 27.4. The van der Waals surface area contributed by atoms with Crippen molar-refractivity contribution in [2.45, 2.75) is 194 Å². The van der Waals surface area contributed by atoms with Gasteiger partial charge in [0.25, 0.3) is 0 Å². The lowest BCUT2D eigenvalue weighted by atomic mass is 9.74. The molecule has 304 valence electrons. The van der Waals surface area contributed by atoms with Gasteiger partial charge in [-0.25, -0.2) is 0 Å². The highest BCUT2D eigenvalue weighted by Crippen LogP contribution is 2.40. The van der Waals surface area contributed by atoms with Gasteiger partial charge in [-0.2, -0.15) is 0 Å². The zero-order chi connectivity index (χ0) is 39.5. The number of ketones is 1. The van der Waals surface area contributed by atoms with Crippen molar-refractivity contribution >= 4 is 20.1 Å². The maximum Gasteiger partial charge on any atom is 0.311 e. The second kappa shape index (κ2) is 18.3. The van der Waals surface area contributed by atoms with E-state index in [2.05, 4.69) is 25.0 Å². The molecule has 3 fully saturated rings. The summed E-state index contributed by atoms with van der Waals surface area (Å²) in [6.45, 7) is 24.8. The maximum atomic E-state index is 14.2. The molecule has 0 aromatic rings. The summed E-state index contributed by atoms with van der Waals surface area (Å²) < 4.78 is 45.4. The number of Topliss-reactive ketones (excluding diaryl/α,β-unsaturated/α-hetero) is 1. The van der Waals surface area contributed by atoms with Crippen LogP contribution in [0, 0.1) is 29.6 Å². The minimum Gasteiger partial charge on any atom is -0.462 e. The number of hydrogen-bond donors (Lipinski definition) is 3. The molecule has 0 bridgehead atoms. The van der Waals surface area contributed by atoms with Crippen LogP contribution in [0.15, 0.2) is 0 Å². The Bertz CT molecular complexity index is 1170. The summed E-state index contributed by atoms with van der Waals surface area (Å²) in [5.74, 6) is -4.09. The fourth-order valence-electron chi connectivity index (χ4n) is 8.74. The van der Waals surface area contributed by atoms with Crippen molar-refractivity contribution < 1.29 is 52.6 Å². The summed E-state index contributed by atoms with van der Waals surface area (Å²) >= 11 is 0. The van der Waals surface area contributed by atoms with E-state index < -0.39 is 98.2 Å². The molecule has 0 radical (unpaired) electrons. The predicted octanol–water partition coefficient (Wildman–Crippen LogP) is 5.22. The highest BCUT2D eigenvalue weighted by atomic mass is 28.4. The number of cyclic esters (lactones) is 1. The van der Waals surface area contributed by atoms with E-state index in [1.165, 1.54) is 0 Å². The fourth-order valence-corrected chi connectivity index (χ4v) is 9.83. The number of hydrogen-bond acceptors (Lipinski definition) is 12. The van der Waals surface area contributed by atoms with E-state index in [1.54, 1.807) is 41.7 Å². The van der Waals surface area contributed by atoms with Gasteiger partial charge in [-0.1, -0.05) is 34.6 Å². The molecule has 52 heavy (non-hydrogen) atoms. The lowest BCUT2D eigenvalue weighted by Crippen LogP contribution is -2.61. The summed E-state index contributed by atoms with van der Waals surface area (Å²) in [6.07, 6.45) is -3.75. The molecule has 3 saturated heterocycles. The minimum absolute atomic E-state index is 0.0328. The van der Waals surface area contributed by atoms with Crippen LogP contribution in [0.2, 0.25) is 19.6 Å².